The van der Waals surface area contributed by atoms with Crippen molar-refractivity contribution in [3.8, 4) is 5.75 Å². The van der Waals surface area contributed by atoms with Crippen molar-refractivity contribution >= 4 is 5.91 Å². The maximum absolute atomic E-state index is 12.0. The molecule has 0 bridgehead atoms. The standard InChI is InChI=1S/C16H23NO3/c1-3-12(2)14-6-4-5-7-15(14)20-11-16(19)17-9-8-13(18)10-17/h4-7,12-13,18H,3,8-11H2,1-2H3/t12?,13-/m1/s1. The van der Waals surface area contributed by atoms with E-state index < -0.39 is 0 Å². The van der Waals surface area contributed by atoms with Gasteiger partial charge in [-0.3, -0.25) is 4.79 Å². The molecule has 1 amide bonds. The van der Waals surface area contributed by atoms with E-state index in [0.29, 0.717) is 25.4 Å². The summed E-state index contributed by atoms with van der Waals surface area (Å²) in [6, 6.07) is 7.87. The first-order valence-corrected chi connectivity index (χ1v) is 7.29. The lowest BCUT2D eigenvalue weighted by molar-refractivity contribution is -0.132. The number of benzene rings is 1. The normalized spacial score (nSPS) is 19.9. The first kappa shape index (κ1) is 14.9. The van der Waals surface area contributed by atoms with Gasteiger partial charge in [-0.15, -0.1) is 0 Å². The first-order valence-electron chi connectivity index (χ1n) is 7.29. The molecule has 1 aliphatic heterocycles. The molecule has 0 saturated carbocycles. The number of ether oxygens (including phenoxy) is 1. The number of carbonyl (C=O) groups is 1. The van der Waals surface area contributed by atoms with Gasteiger partial charge in [0.15, 0.2) is 6.61 Å². The summed E-state index contributed by atoms with van der Waals surface area (Å²) in [7, 11) is 0. The van der Waals surface area contributed by atoms with Gasteiger partial charge >= 0.3 is 0 Å². The smallest absolute Gasteiger partial charge is 0.260 e. The van der Waals surface area contributed by atoms with Crippen molar-refractivity contribution in [2.45, 2.75) is 38.7 Å². The summed E-state index contributed by atoms with van der Waals surface area (Å²) < 4.78 is 5.70. The number of nitrogens with zero attached hydrogens (tertiary/aromatic N) is 1. The Kier molecular flexibility index (Phi) is 5.01. The van der Waals surface area contributed by atoms with Crippen LogP contribution in [0.5, 0.6) is 5.75 Å². The largest absolute Gasteiger partial charge is 0.483 e. The Balaban J connectivity index is 1.95. The summed E-state index contributed by atoms with van der Waals surface area (Å²) in [5, 5.41) is 9.45. The number of aliphatic hydroxyl groups is 1. The lowest BCUT2D eigenvalue weighted by atomic mass is 9.98. The predicted molar refractivity (Wildman–Crippen MR) is 77.8 cm³/mol. The van der Waals surface area contributed by atoms with E-state index >= 15 is 0 Å². The molecule has 0 aromatic heterocycles. The van der Waals surface area contributed by atoms with Crippen LogP contribution in [0.15, 0.2) is 24.3 Å². The van der Waals surface area contributed by atoms with E-state index in [0.717, 1.165) is 17.7 Å². The fraction of sp³-hybridized carbons (Fsp3) is 0.562. The number of hydrogen-bond acceptors (Lipinski definition) is 3. The van der Waals surface area contributed by atoms with E-state index in [4.69, 9.17) is 4.74 Å². The molecular weight excluding hydrogens is 254 g/mol. The molecule has 4 nitrogen and oxygen atoms in total. The van der Waals surface area contributed by atoms with Crippen molar-refractivity contribution in [1.82, 2.24) is 4.90 Å². The molecule has 2 rings (SSSR count). The zero-order valence-electron chi connectivity index (χ0n) is 12.2. The summed E-state index contributed by atoms with van der Waals surface area (Å²) in [4.78, 5) is 13.7. The number of para-hydroxylation sites is 1. The first-order chi connectivity index (χ1) is 9.61. The second kappa shape index (κ2) is 6.75. The van der Waals surface area contributed by atoms with E-state index in [1.165, 1.54) is 0 Å². The van der Waals surface area contributed by atoms with Gasteiger partial charge in [-0.2, -0.15) is 0 Å². The zero-order chi connectivity index (χ0) is 14.5. The van der Waals surface area contributed by atoms with Crippen molar-refractivity contribution < 1.29 is 14.6 Å². The molecule has 0 aliphatic carbocycles. The summed E-state index contributed by atoms with van der Waals surface area (Å²) in [6.07, 6.45) is 1.31. The van der Waals surface area contributed by atoms with Gasteiger partial charge in [0.2, 0.25) is 0 Å². The average Bonchev–Trinajstić information content (AvgIpc) is 2.91. The van der Waals surface area contributed by atoms with Crippen LogP contribution >= 0.6 is 0 Å². The maximum atomic E-state index is 12.0. The van der Waals surface area contributed by atoms with Gasteiger partial charge in [0.1, 0.15) is 5.75 Å². The minimum atomic E-state index is -0.383. The van der Waals surface area contributed by atoms with Crippen molar-refractivity contribution in [3.05, 3.63) is 29.8 Å². The molecular formula is C16H23NO3. The van der Waals surface area contributed by atoms with Crippen LogP contribution in [0.25, 0.3) is 0 Å². The number of amides is 1. The van der Waals surface area contributed by atoms with Crippen molar-refractivity contribution in [2.24, 2.45) is 0 Å². The van der Waals surface area contributed by atoms with Gasteiger partial charge in [-0.25, -0.2) is 0 Å². The van der Waals surface area contributed by atoms with Gasteiger partial charge in [0, 0.05) is 13.1 Å². The summed E-state index contributed by atoms with van der Waals surface area (Å²) >= 11 is 0. The third-order valence-electron chi connectivity index (χ3n) is 3.93. The van der Waals surface area contributed by atoms with Crippen LogP contribution in [-0.2, 0) is 4.79 Å². The number of rotatable bonds is 5. The Hall–Kier alpha value is -1.55. The Morgan fingerprint density at radius 3 is 2.90 bits per heavy atom. The number of β-amino-alcohol motifs (C(OH)–C–C–N with tert-alkyl or cyclic N) is 1. The highest BCUT2D eigenvalue weighted by Gasteiger charge is 2.24. The third-order valence-corrected chi connectivity index (χ3v) is 3.93. The monoisotopic (exact) mass is 277 g/mol. The fourth-order valence-electron chi connectivity index (χ4n) is 2.44. The predicted octanol–water partition coefficient (Wildman–Crippen LogP) is 2.17. The van der Waals surface area contributed by atoms with Gasteiger partial charge < -0.3 is 14.7 Å². The molecule has 20 heavy (non-hydrogen) atoms. The van der Waals surface area contributed by atoms with Crippen LogP contribution in [0, 0.1) is 0 Å². The van der Waals surface area contributed by atoms with Crippen molar-refractivity contribution in [2.75, 3.05) is 19.7 Å². The van der Waals surface area contributed by atoms with E-state index in [1.54, 1.807) is 4.90 Å². The maximum Gasteiger partial charge on any atom is 0.260 e. The van der Waals surface area contributed by atoms with Crippen molar-refractivity contribution in [3.63, 3.8) is 0 Å². The minimum absolute atomic E-state index is 0.0418. The molecule has 1 aromatic rings. The summed E-state index contributed by atoms with van der Waals surface area (Å²) in [5.41, 5.74) is 1.14. The highest BCUT2D eigenvalue weighted by Crippen LogP contribution is 2.28. The molecule has 0 spiro atoms. The molecule has 1 aromatic carbocycles. The highest BCUT2D eigenvalue weighted by molar-refractivity contribution is 5.78. The Morgan fingerprint density at radius 2 is 2.25 bits per heavy atom. The molecule has 110 valence electrons. The Morgan fingerprint density at radius 1 is 1.50 bits per heavy atom. The zero-order valence-corrected chi connectivity index (χ0v) is 12.2. The van der Waals surface area contributed by atoms with E-state index in [1.807, 2.05) is 24.3 Å². The third kappa shape index (κ3) is 3.51. The lowest BCUT2D eigenvalue weighted by Gasteiger charge is -2.18. The number of hydrogen-bond donors (Lipinski definition) is 1. The van der Waals surface area contributed by atoms with Crippen molar-refractivity contribution in [1.29, 1.82) is 0 Å². The quantitative estimate of drug-likeness (QED) is 0.897. The number of carbonyl (C=O) groups excluding carboxylic acids is 1. The minimum Gasteiger partial charge on any atom is -0.483 e. The lowest BCUT2D eigenvalue weighted by Crippen LogP contribution is -2.33. The molecule has 0 radical (unpaired) electrons. The topological polar surface area (TPSA) is 49.8 Å². The molecule has 1 N–H and O–H groups in total. The molecule has 4 heteroatoms. The number of likely N-dealkylation sites (tertiary alicyclic amines) is 1. The van der Waals surface area contributed by atoms with Gasteiger partial charge in [0.05, 0.1) is 6.10 Å². The molecule has 1 saturated heterocycles. The second-order valence-corrected chi connectivity index (χ2v) is 5.42. The van der Waals surface area contributed by atoms with Gasteiger partial charge in [-0.1, -0.05) is 32.0 Å². The molecule has 2 atom stereocenters. The molecule has 1 unspecified atom stereocenters. The highest BCUT2D eigenvalue weighted by atomic mass is 16.5. The average molecular weight is 277 g/mol. The second-order valence-electron chi connectivity index (χ2n) is 5.42. The molecule has 1 fully saturated rings. The van der Waals surface area contributed by atoms with Gasteiger partial charge in [-0.05, 0) is 30.4 Å². The van der Waals surface area contributed by atoms with E-state index in [2.05, 4.69) is 13.8 Å². The van der Waals surface area contributed by atoms with Crippen LogP contribution in [0.3, 0.4) is 0 Å². The van der Waals surface area contributed by atoms with Crippen LogP contribution in [0.4, 0.5) is 0 Å². The Bertz CT molecular complexity index is 461. The Labute approximate surface area is 120 Å². The van der Waals surface area contributed by atoms with Gasteiger partial charge in [0.25, 0.3) is 5.91 Å². The number of aliphatic hydroxyl groups excluding tert-OH is 1. The van der Waals surface area contributed by atoms with Crippen LogP contribution < -0.4 is 4.74 Å². The van der Waals surface area contributed by atoms with Crippen LogP contribution in [0.2, 0.25) is 0 Å². The molecule has 1 aliphatic rings. The SMILES string of the molecule is CCC(C)c1ccccc1OCC(=O)N1CC[C@@H](O)C1. The summed E-state index contributed by atoms with van der Waals surface area (Å²) in [5.74, 6) is 1.14. The van der Waals surface area contributed by atoms with Crippen LogP contribution in [0.1, 0.15) is 38.2 Å². The fourth-order valence-corrected chi connectivity index (χ4v) is 2.44. The van der Waals surface area contributed by atoms with E-state index in [9.17, 15) is 9.90 Å². The summed E-state index contributed by atoms with van der Waals surface area (Å²) in [6.45, 7) is 5.38. The van der Waals surface area contributed by atoms with Crippen LogP contribution in [-0.4, -0.2) is 41.7 Å². The molecule has 1 heterocycles. The van der Waals surface area contributed by atoms with E-state index in [-0.39, 0.29) is 18.6 Å².